The molecule has 0 spiro atoms. The number of nitrogens with one attached hydrogen (secondary N) is 1. The summed E-state index contributed by atoms with van der Waals surface area (Å²) in [6, 6.07) is 5.68. The van der Waals surface area contributed by atoms with Crippen LogP contribution in [0.3, 0.4) is 0 Å². The zero-order valence-electron chi connectivity index (χ0n) is 8.74. The van der Waals surface area contributed by atoms with Crippen molar-refractivity contribution in [3.63, 3.8) is 0 Å². The Labute approximate surface area is 107 Å². The number of benzene rings is 1. The first-order valence-corrected chi connectivity index (χ1v) is 6.78. The van der Waals surface area contributed by atoms with Crippen molar-refractivity contribution in [2.45, 2.75) is 18.3 Å². The highest BCUT2D eigenvalue weighted by atomic mass is 79.9. The van der Waals surface area contributed by atoms with Gasteiger partial charge in [-0.05, 0) is 24.1 Å². The van der Waals surface area contributed by atoms with E-state index in [0.717, 1.165) is 10.0 Å². The highest BCUT2D eigenvalue weighted by Gasteiger charge is 2.30. The SMILES string of the molecule is Cc1ccc(C2N[C@H](C(=O)O)CS2)cc1Br. The minimum atomic E-state index is -0.777. The Hall–Kier alpha value is -0.520. The third-order valence-corrected chi connectivity index (χ3v) is 4.70. The second-order valence-electron chi connectivity index (χ2n) is 3.78. The second-order valence-corrected chi connectivity index (χ2v) is 5.77. The van der Waals surface area contributed by atoms with Crippen LogP contribution in [0.15, 0.2) is 22.7 Å². The molecule has 1 aromatic carbocycles. The van der Waals surface area contributed by atoms with Gasteiger partial charge in [0.15, 0.2) is 0 Å². The van der Waals surface area contributed by atoms with E-state index in [-0.39, 0.29) is 5.37 Å². The van der Waals surface area contributed by atoms with Crippen molar-refractivity contribution in [2.24, 2.45) is 0 Å². The second kappa shape index (κ2) is 4.77. The number of hydrogen-bond donors (Lipinski definition) is 2. The van der Waals surface area contributed by atoms with E-state index in [4.69, 9.17) is 5.11 Å². The molecule has 1 unspecified atom stereocenters. The molecule has 3 nitrogen and oxygen atoms in total. The maximum absolute atomic E-state index is 10.8. The minimum Gasteiger partial charge on any atom is -0.480 e. The van der Waals surface area contributed by atoms with E-state index in [1.807, 2.05) is 25.1 Å². The Bertz CT molecular complexity index is 424. The molecule has 1 aliphatic rings. The number of carboxylic acid groups (broad SMARTS) is 1. The van der Waals surface area contributed by atoms with Crippen LogP contribution >= 0.6 is 27.7 Å². The van der Waals surface area contributed by atoms with Crippen LogP contribution < -0.4 is 5.32 Å². The fourth-order valence-electron chi connectivity index (χ4n) is 1.58. The van der Waals surface area contributed by atoms with Crippen molar-refractivity contribution < 1.29 is 9.90 Å². The molecule has 0 aromatic heterocycles. The highest BCUT2D eigenvalue weighted by molar-refractivity contribution is 9.10. The van der Waals surface area contributed by atoms with Crippen LogP contribution in [0.25, 0.3) is 0 Å². The highest BCUT2D eigenvalue weighted by Crippen LogP contribution is 2.34. The van der Waals surface area contributed by atoms with E-state index >= 15 is 0 Å². The van der Waals surface area contributed by atoms with Gasteiger partial charge in [0, 0.05) is 10.2 Å². The van der Waals surface area contributed by atoms with Gasteiger partial charge in [0.25, 0.3) is 0 Å². The normalized spacial score (nSPS) is 24.6. The van der Waals surface area contributed by atoms with E-state index < -0.39 is 12.0 Å². The molecule has 0 saturated carbocycles. The minimum absolute atomic E-state index is 0.0815. The molecule has 16 heavy (non-hydrogen) atoms. The van der Waals surface area contributed by atoms with Gasteiger partial charge < -0.3 is 5.11 Å². The van der Waals surface area contributed by atoms with Crippen LogP contribution in [0.5, 0.6) is 0 Å². The van der Waals surface area contributed by atoms with Crippen LogP contribution in [0, 0.1) is 6.92 Å². The number of aliphatic carboxylic acids is 1. The quantitative estimate of drug-likeness (QED) is 0.881. The Morgan fingerprint density at radius 3 is 2.94 bits per heavy atom. The van der Waals surface area contributed by atoms with Gasteiger partial charge in [-0.2, -0.15) is 0 Å². The molecule has 1 aliphatic heterocycles. The standard InChI is InChI=1S/C11H12BrNO2S/c1-6-2-3-7(4-8(6)12)10-13-9(5-16-10)11(14)15/h2-4,9-10,13H,5H2,1H3,(H,14,15)/t9-,10?/m0/s1. The number of halogens is 1. The number of rotatable bonds is 2. The van der Waals surface area contributed by atoms with Gasteiger partial charge in [-0.3, -0.25) is 10.1 Å². The zero-order chi connectivity index (χ0) is 11.7. The molecule has 1 aromatic rings. The summed E-state index contributed by atoms with van der Waals surface area (Å²) in [5.74, 6) is -0.160. The summed E-state index contributed by atoms with van der Waals surface area (Å²) in [6.07, 6.45) is 0. The van der Waals surface area contributed by atoms with Gasteiger partial charge in [0.1, 0.15) is 6.04 Å². The van der Waals surface area contributed by atoms with Gasteiger partial charge in [-0.25, -0.2) is 0 Å². The molecule has 2 N–H and O–H groups in total. The first-order valence-electron chi connectivity index (χ1n) is 4.94. The molecule has 1 saturated heterocycles. The summed E-state index contributed by atoms with van der Waals surface area (Å²) in [4.78, 5) is 10.8. The van der Waals surface area contributed by atoms with E-state index in [9.17, 15) is 4.79 Å². The molecule has 0 aliphatic carbocycles. The fraction of sp³-hybridized carbons (Fsp3) is 0.364. The summed E-state index contributed by atoms with van der Waals surface area (Å²) < 4.78 is 1.06. The van der Waals surface area contributed by atoms with Crippen LogP contribution in [-0.4, -0.2) is 22.9 Å². The summed E-state index contributed by atoms with van der Waals surface area (Å²) in [5, 5.41) is 12.1. The predicted octanol–water partition coefficient (Wildman–Crippen LogP) is 2.55. The molecule has 0 radical (unpaired) electrons. The lowest BCUT2D eigenvalue weighted by Gasteiger charge is -2.12. The van der Waals surface area contributed by atoms with Crippen molar-refractivity contribution in [1.82, 2.24) is 5.32 Å². The number of thioether (sulfide) groups is 1. The Morgan fingerprint density at radius 1 is 1.62 bits per heavy atom. The number of hydrogen-bond acceptors (Lipinski definition) is 3. The molecule has 1 heterocycles. The van der Waals surface area contributed by atoms with E-state index in [1.54, 1.807) is 11.8 Å². The third-order valence-electron chi connectivity index (χ3n) is 2.58. The zero-order valence-corrected chi connectivity index (χ0v) is 11.1. The monoisotopic (exact) mass is 301 g/mol. The molecule has 2 atom stereocenters. The first-order chi connectivity index (χ1) is 7.58. The third kappa shape index (κ3) is 2.42. The smallest absolute Gasteiger partial charge is 0.321 e. The first kappa shape index (κ1) is 12.0. The molecular weight excluding hydrogens is 290 g/mol. The van der Waals surface area contributed by atoms with E-state index in [1.165, 1.54) is 5.56 Å². The Balaban J connectivity index is 2.14. The van der Waals surface area contributed by atoms with Crippen LogP contribution in [0.4, 0.5) is 0 Å². The lowest BCUT2D eigenvalue weighted by molar-refractivity contribution is -0.138. The van der Waals surface area contributed by atoms with Gasteiger partial charge in [-0.15, -0.1) is 11.8 Å². The van der Waals surface area contributed by atoms with Crippen LogP contribution in [0.2, 0.25) is 0 Å². The van der Waals surface area contributed by atoms with Gasteiger partial charge >= 0.3 is 5.97 Å². The predicted molar refractivity (Wildman–Crippen MR) is 68.6 cm³/mol. The number of carboxylic acids is 1. The fourth-order valence-corrected chi connectivity index (χ4v) is 3.20. The molecule has 0 amide bonds. The number of carbonyl (C=O) groups is 1. The molecule has 86 valence electrons. The van der Waals surface area contributed by atoms with Gasteiger partial charge in [0.05, 0.1) is 5.37 Å². The Morgan fingerprint density at radius 2 is 2.38 bits per heavy atom. The molecule has 1 fully saturated rings. The van der Waals surface area contributed by atoms with Crippen molar-refractivity contribution in [2.75, 3.05) is 5.75 Å². The van der Waals surface area contributed by atoms with E-state index in [2.05, 4.69) is 21.2 Å². The van der Waals surface area contributed by atoms with Crippen molar-refractivity contribution in [3.05, 3.63) is 33.8 Å². The topological polar surface area (TPSA) is 49.3 Å². The van der Waals surface area contributed by atoms with Gasteiger partial charge in [0.2, 0.25) is 0 Å². The largest absolute Gasteiger partial charge is 0.480 e. The maximum Gasteiger partial charge on any atom is 0.321 e. The van der Waals surface area contributed by atoms with E-state index in [0.29, 0.717) is 5.75 Å². The number of aryl methyl sites for hydroxylation is 1. The summed E-state index contributed by atoms with van der Waals surface area (Å²) in [6.45, 7) is 2.03. The average Bonchev–Trinajstić information content (AvgIpc) is 2.71. The van der Waals surface area contributed by atoms with Gasteiger partial charge in [-0.1, -0.05) is 28.1 Å². The summed E-state index contributed by atoms with van der Waals surface area (Å²) in [7, 11) is 0. The van der Waals surface area contributed by atoms with Crippen LogP contribution in [-0.2, 0) is 4.79 Å². The lowest BCUT2D eigenvalue weighted by Crippen LogP contribution is -2.33. The summed E-state index contributed by atoms with van der Waals surface area (Å²) >= 11 is 5.12. The van der Waals surface area contributed by atoms with Crippen molar-refractivity contribution in [3.8, 4) is 0 Å². The average molecular weight is 302 g/mol. The summed E-state index contributed by atoms with van der Waals surface area (Å²) in [5.41, 5.74) is 2.30. The molecule has 5 heteroatoms. The molecule has 0 bridgehead atoms. The maximum atomic E-state index is 10.8. The van der Waals surface area contributed by atoms with Crippen molar-refractivity contribution in [1.29, 1.82) is 0 Å². The van der Waals surface area contributed by atoms with Crippen LogP contribution in [0.1, 0.15) is 16.5 Å². The Kier molecular flexibility index (Phi) is 3.56. The molecule has 2 rings (SSSR count). The molecular formula is C11H12BrNO2S. The lowest BCUT2D eigenvalue weighted by atomic mass is 10.1. The van der Waals surface area contributed by atoms with Crippen molar-refractivity contribution >= 4 is 33.7 Å².